The van der Waals surface area contributed by atoms with Gasteiger partial charge >= 0.3 is 0 Å². The van der Waals surface area contributed by atoms with Crippen LogP contribution in [0.3, 0.4) is 0 Å². The molecule has 2 aromatic rings. The Morgan fingerprint density at radius 2 is 1.88 bits per heavy atom. The molecule has 0 unspecified atom stereocenters. The minimum Gasteiger partial charge on any atom is -0.496 e. The van der Waals surface area contributed by atoms with Crippen molar-refractivity contribution in [2.24, 2.45) is 0 Å². The summed E-state index contributed by atoms with van der Waals surface area (Å²) in [6.07, 6.45) is 1.23. The summed E-state index contributed by atoms with van der Waals surface area (Å²) in [5.41, 5.74) is 1.80. The highest BCUT2D eigenvalue weighted by atomic mass is 79.9. The first-order chi connectivity index (χ1) is 11.4. The SMILES string of the molecule is COc1ccc(C(=O)c2coc3c2C(=O)C(=O)C(Br)=C3C)cc1C. The second-order valence-corrected chi connectivity index (χ2v) is 6.26. The third-order valence-corrected chi connectivity index (χ3v) is 4.95. The third kappa shape index (κ3) is 2.34. The number of halogens is 1. The number of hydrogen-bond donors (Lipinski definition) is 0. The lowest BCUT2D eigenvalue weighted by molar-refractivity contribution is -0.111. The Kier molecular flexibility index (Phi) is 4.01. The number of ether oxygens (including phenoxy) is 1. The largest absolute Gasteiger partial charge is 0.496 e. The van der Waals surface area contributed by atoms with Crippen LogP contribution >= 0.6 is 15.9 Å². The number of ketones is 3. The maximum atomic E-state index is 12.8. The van der Waals surface area contributed by atoms with Gasteiger partial charge < -0.3 is 9.15 Å². The second kappa shape index (κ2) is 5.87. The highest BCUT2D eigenvalue weighted by Crippen LogP contribution is 2.36. The number of aryl methyl sites for hydroxylation is 1. The molecule has 1 heterocycles. The van der Waals surface area contributed by atoms with Gasteiger partial charge in [0, 0.05) is 11.1 Å². The van der Waals surface area contributed by atoms with Crippen molar-refractivity contribution in [2.75, 3.05) is 7.11 Å². The molecule has 0 radical (unpaired) electrons. The summed E-state index contributed by atoms with van der Waals surface area (Å²) in [6, 6.07) is 4.97. The highest BCUT2D eigenvalue weighted by Gasteiger charge is 2.36. The summed E-state index contributed by atoms with van der Waals surface area (Å²) in [4.78, 5) is 37.1. The Labute approximate surface area is 146 Å². The maximum Gasteiger partial charge on any atom is 0.241 e. The molecule has 1 aromatic carbocycles. The smallest absolute Gasteiger partial charge is 0.241 e. The molecule has 5 nitrogen and oxygen atoms in total. The van der Waals surface area contributed by atoms with E-state index < -0.39 is 11.6 Å². The number of Topliss-reactive ketones (excluding diaryl/α,β-unsaturated/α-hetero) is 2. The molecule has 0 spiro atoms. The zero-order valence-corrected chi connectivity index (χ0v) is 14.8. The zero-order chi connectivity index (χ0) is 17.6. The van der Waals surface area contributed by atoms with Gasteiger partial charge in [-0.2, -0.15) is 0 Å². The summed E-state index contributed by atoms with van der Waals surface area (Å²) >= 11 is 3.10. The van der Waals surface area contributed by atoms with E-state index in [4.69, 9.17) is 9.15 Å². The van der Waals surface area contributed by atoms with Crippen LogP contribution in [-0.4, -0.2) is 24.5 Å². The number of carbonyl (C=O) groups is 3. The van der Waals surface area contributed by atoms with Crippen LogP contribution in [0.2, 0.25) is 0 Å². The molecule has 0 fully saturated rings. The Hall–Kier alpha value is -2.47. The second-order valence-electron chi connectivity index (χ2n) is 5.46. The molecule has 0 N–H and O–H groups in total. The van der Waals surface area contributed by atoms with Crippen LogP contribution in [0.25, 0.3) is 5.57 Å². The number of allylic oxidation sites excluding steroid dienone is 2. The average Bonchev–Trinajstić information content (AvgIpc) is 3.02. The minimum absolute atomic E-state index is 0.0270. The van der Waals surface area contributed by atoms with E-state index in [1.807, 2.05) is 6.92 Å². The van der Waals surface area contributed by atoms with Crippen LogP contribution < -0.4 is 4.74 Å². The molecule has 0 saturated heterocycles. The van der Waals surface area contributed by atoms with Crippen molar-refractivity contribution < 1.29 is 23.5 Å². The quantitative estimate of drug-likeness (QED) is 0.591. The number of fused-ring (bicyclic) bond motifs is 1. The van der Waals surface area contributed by atoms with E-state index in [1.54, 1.807) is 32.2 Å². The van der Waals surface area contributed by atoms with E-state index >= 15 is 0 Å². The molecular weight excluding hydrogens is 376 g/mol. The molecule has 1 aliphatic rings. The molecule has 122 valence electrons. The van der Waals surface area contributed by atoms with E-state index in [-0.39, 0.29) is 27.2 Å². The Balaban J connectivity index is 2.12. The van der Waals surface area contributed by atoms with Crippen molar-refractivity contribution in [2.45, 2.75) is 13.8 Å². The standard InChI is InChI=1S/C18H13BrO5/c1-8-6-10(4-5-12(8)23-3)15(20)11-7-24-18-9(2)14(19)17(22)16(21)13(11)18/h4-7H,1-3H3. The normalized spacial score (nSPS) is 14.0. The number of furan rings is 1. The average molecular weight is 389 g/mol. The van der Waals surface area contributed by atoms with Gasteiger partial charge in [0.2, 0.25) is 11.6 Å². The van der Waals surface area contributed by atoms with E-state index in [9.17, 15) is 14.4 Å². The maximum absolute atomic E-state index is 12.8. The van der Waals surface area contributed by atoms with Gasteiger partial charge in [-0.05, 0) is 53.5 Å². The van der Waals surface area contributed by atoms with Gasteiger partial charge in [0.15, 0.2) is 5.78 Å². The van der Waals surface area contributed by atoms with Gasteiger partial charge in [-0.15, -0.1) is 0 Å². The van der Waals surface area contributed by atoms with Crippen LogP contribution in [0.15, 0.2) is 33.4 Å². The van der Waals surface area contributed by atoms with Crippen molar-refractivity contribution in [3.05, 3.63) is 57.0 Å². The minimum atomic E-state index is -0.746. The fraction of sp³-hybridized carbons (Fsp3) is 0.167. The molecule has 0 atom stereocenters. The van der Waals surface area contributed by atoms with Crippen molar-refractivity contribution in [1.29, 1.82) is 0 Å². The van der Waals surface area contributed by atoms with Crippen LogP contribution in [0.1, 0.15) is 44.5 Å². The number of benzene rings is 1. The Morgan fingerprint density at radius 1 is 1.17 bits per heavy atom. The van der Waals surface area contributed by atoms with Crippen molar-refractivity contribution in [3.63, 3.8) is 0 Å². The summed E-state index contributed by atoms with van der Waals surface area (Å²) in [7, 11) is 1.55. The predicted octanol–water partition coefficient (Wildman–Crippen LogP) is 3.72. The van der Waals surface area contributed by atoms with Crippen LogP contribution in [0.4, 0.5) is 0 Å². The van der Waals surface area contributed by atoms with Crippen LogP contribution in [-0.2, 0) is 4.79 Å². The number of rotatable bonds is 3. The molecule has 1 aliphatic carbocycles. The summed E-state index contributed by atoms with van der Waals surface area (Å²) in [6.45, 7) is 3.47. The molecule has 6 heteroatoms. The van der Waals surface area contributed by atoms with E-state index in [0.29, 0.717) is 16.9 Å². The molecule has 24 heavy (non-hydrogen) atoms. The number of hydrogen-bond acceptors (Lipinski definition) is 5. The lowest BCUT2D eigenvalue weighted by atomic mass is 9.90. The zero-order valence-electron chi connectivity index (χ0n) is 13.2. The van der Waals surface area contributed by atoms with Crippen molar-refractivity contribution in [3.8, 4) is 5.75 Å². The van der Waals surface area contributed by atoms with E-state index in [2.05, 4.69) is 15.9 Å². The molecule has 0 bridgehead atoms. The fourth-order valence-electron chi connectivity index (χ4n) is 2.68. The van der Waals surface area contributed by atoms with Gasteiger partial charge in [0.05, 0.1) is 22.7 Å². The van der Waals surface area contributed by atoms with Crippen molar-refractivity contribution >= 4 is 38.9 Å². The van der Waals surface area contributed by atoms with Crippen LogP contribution in [0.5, 0.6) is 5.75 Å². The number of carbonyl (C=O) groups excluding carboxylic acids is 3. The first-order valence-corrected chi connectivity index (χ1v) is 7.92. The molecule has 3 rings (SSSR count). The monoisotopic (exact) mass is 388 g/mol. The van der Waals surface area contributed by atoms with Gasteiger partial charge in [-0.25, -0.2) is 0 Å². The summed E-state index contributed by atoms with van der Waals surface area (Å²) in [5, 5.41) is 0. The summed E-state index contributed by atoms with van der Waals surface area (Å²) in [5.74, 6) is -0.890. The topological polar surface area (TPSA) is 73.6 Å². The fourth-order valence-corrected chi connectivity index (χ4v) is 3.04. The molecule has 0 aliphatic heterocycles. The lowest BCUT2D eigenvalue weighted by Gasteiger charge is -2.12. The van der Waals surface area contributed by atoms with Gasteiger partial charge in [0.25, 0.3) is 0 Å². The van der Waals surface area contributed by atoms with Gasteiger partial charge in [-0.1, -0.05) is 0 Å². The predicted molar refractivity (Wildman–Crippen MR) is 90.7 cm³/mol. The number of methoxy groups -OCH3 is 1. The van der Waals surface area contributed by atoms with Crippen LogP contribution in [0, 0.1) is 6.92 Å². The van der Waals surface area contributed by atoms with Crippen molar-refractivity contribution in [1.82, 2.24) is 0 Å². The Morgan fingerprint density at radius 3 is 2.50 bits per heavy atom. The van der Waals surface area contributed by atoms with E-state index in [1.165, 1.54) is 6.26 Å². The molecule has 0 saturated carbocycles. The molecular formula is C18H13BrO5. The molecule has 1 aromatic heterocycles. The lowest BCUT2D eigenvalue weighted by Crippen LogP contribution is -2.22. The van der Waals surface area contributed by atoms with Gasteiger partial charge in [-0.3, -0.25) is 14.4 Å². The first kappa shape index (κ1) is 16.4. The Bertz CT molecular complexity index is 933. The molecule has 0 amide bonds. The summed E-state index contributed by atoms with van der Waals surface area (Å²) < 4.78 is 10.7. The van der Waals surface area contributed by atoms with Gasteiger partial charge in [0.1, 0.15) is 17.8 Å². The first-order valence-electron chi connectivity index (χ1n) is 7.13. The highest BCUT2D eigenvalue weighted by molar-refractivity contribution is 9.12. The third-order valence-electron chi connectivity index (χ3n) is 4.00. The van der Waals surface area contributed by atoms with E-state index in [0.717, 1.165) is 5.56 Å².